The predicted octanol–water partition coefficient (Wildman–Crippen LogP) is 5.01. The highest BCUT2D eigenvalue weighted by Gasteiger charge is 2.28. The fourth-order valence-corrected chi connectivity index (χ4v) is 3.42. The van der Waals surface area contributed by atoms with Crippen molar-refractivity contribution < 1.29 is 0 Å². The van der Waals surface area contributed by atoms with Crippen molar-refractivity contribution in [3.8, 4) is 0 Å². The molecular formula is C17H35N. The Bertz CT molecular complexity index is 216. The van der Waals surface area contributed by atoms with Crippen LogP contribution in [0.15, 0.2) is 0 Å². The molecule has 1 aliphatic carbocycles. The van der Waals surface area contributed by atoms with E-state index in [9.17, 15) is 0 Å². The zero-order chi connectivity index (χ0) is 13.6. The van der Waals surface area contributed by atoms with Gasteiger partial charge in [0.2, 0.25) is 0 Å². The molecule has 1 aliphatic rings. The molecule has 0 aromatic heterocycles. The van der Waals surface area contributed by atoms with E-state index < -0.39 is 0 Å². The number of hydrogen-bond acceptors (Lipinski definition) is 1. The Morgan fingerprint density at radius 2 is 1.89 bits per heavy atom. The van der Waals surface area contributed by atoms with E-state index in [4.69, 9.17) is 0 Å². The molecule has 1 heteroatoms. The van der Waals surface area contributed by atoms with Crippen molar-refractivity contribution in [1.29, 1.82) is 0 Å². The molecule has 1 N–H and O–H groups in total. The van der Waals surface area contributed by atoms with Crippen molar-refractivity contribution >= 4 is 0 Å². The highest BCUT2D eigenvalue weighted by atomic mass is 14.9. The third-order valence-electron chi connectivity index (χ3n) is 4.64. The summed E-state index contributed by atoms with van der Waals surface area (Å²) in [7, 11) is 0. The second-order valence-electron chi connectivity index (χ2n) is 7.46. The molecule has 3 atom stereocenters. The molecule has 1 rings (SSSR count). The van der Waals surface area contributed by atoms with Crippen molar-refractivity contribution in [2.45, 2.75) is 85.6 Å². The third-order valence-corrected chi connectivity index (χ3v) is 4.64. The van der Waals surface area contributed by atoms with Gasteiger partial charge in [0.15, 0.2) is 0 Å². The molecule has 0 spiro atoms. The molecule has 1 saturated carbocycles. The predicted molar refractivity (Wildman–Crippen MR) is 81.9 cm³/mol. The van der Waals surface area contributed by atoms with Crippen molar-refractivity contribution in [3.63, 3.8) is 0 Å². The van der Waals surface area contributed by atoms with E-state index in [1.807, 2.05) is 0 Å². The summed E-state index contributed by atoms with van der Waals surface area (Å²) in [5.41, 5.74) is 0.479. The Kier molecular flexibility index (Phi) is 6.70. The van der Waals surface area contributed by atoms with Gasteiger partial charge in [-0.1, -0.05) is 53.9 Å². The van der Waals surface area contributed by atoms with Crippen LogP contribution >= 0.6 is 0 Å². The molecule has 0 bridgehead atoms. The SMILES string of the molecule is CCNC(CCC(C)(C)C)C1CCCC(CC)C1. The summed E-state index contributed by atoms with van der Waals surface area (Å²) in [4.78, 5) is 0. The number of nitrogens with one attached hydrogen (secondary N) is 1. The van der Waals surface area contributed by atoms with Crippen LogP contribution < -0.4 is 5.32 Å². The molecule has 0 aromatic carbocycles. The van der Waals surface area contributed by atoms with Crippen LogP contribution in [0, 0.1) is 17.3 Å². The van der Waals surface area contributed by atoms with E-state index in [1.165, 1.54) is 44.9 Å². The molecular weight excluding hydrogens is 218 g/mol. The van der Waals surface area contributed by atoms with Crippen LogP contribution in [-0.2, 0) is 0 Å². The van der Waals surface area contributed by atoms with E-state index in [0.29, 0.717) is 5.41 Å². The van der Waals surface area contributed by atoms with Crippen molar-refractivity contribution in [1.82, 2.24) is 5.32 Å². The van der Waals surface area contributed by atoms with E-state index in [-0.39, 0.29) is 0 Å². The van der Waals surface area contributed by atoms with E-state index in [2.05, 4.69) is 39.9 Å². The standard InChI is InChI=1S/C17H35N/c1-6-14-9-8-10-15(13-14)16(18-7-2)11-12-17(3,4)5/h14-16,18H,6-13H2,1-5H3. The summed E-state index contributed by atoms with van der Waals surface area (Å²) < 4.78 is 0. The zero-order valence-corrected chi connectivity index (χ0v) is 13.4. The molecule has 0 radical (unpaired) electrons. The topological polar surface area (TPSA) is 12.0 Å². The quantitative estimate of drug-likeness (QED) is 0.702. The van der Waals surface area contributed by atoms with Gasteiger partial charge in [-0.05, 0) is 49.5 Å². The summed E-state index contributed by atoms with van der Waals surface area (Å²) in [6.45, 7) is 12.8. The lowest BCUT2D eigenvalue weighted by molar-refractivity contribution is 0.190. The first kappa shape index (κ1) is 16.0. The van der Waals surface area contributed by atoms with Crippen molar-refractivity contribution in [2.24, 2.45) is 17.3 Å². The molecule has 0 aliphatic heterocycles. The lowest BCUT2D eigenvalue weighted by Crippen LogP contribution is -2.39. The molecule has 0 saturated heterocycles. The molecule has 1 fully saturated rings. The van der Waals surface area contributed by atoms with Crippen LogP contribution in [0.5, 0.6) is 0 Å². The van der Waals surface area contributed by atoms with Gasteiger partial charge in [-0.2, -0.15) is 0 Å². The number of hydrogen-bond donors (Lipinski definition) is 1. The minimum Gasteiger partial charge on any atom is -0.314 e. The minimum absolute atomic E-state index is 0.479. The van der Waals surface area contributed by atoms with Crippen molar-refractivity contribution in [2.75, 3.05) is 6.54 Å². The van der Waals surface area contributed by atoms with E-state index >= 15 is 0 Å². The minimum atomic E-state index is 0.479. The lowest BCUT2D eigenvalue weighted by atomic mass is 9.74. The number of rotatable bonds is 6. The van der Waals surface area contributed by atoms with E-state index in [1.54, 1.807) is 0 Å². The molecule has 18 heavy (non-hydrogen) atoms. The van der Waals surface area contributed by atoms with Gasteiger partial charge in [0.25, 0.3) is 0 Å². The maximum atomic E-state index is 3.77. The van der Waals surface area contributed by atoms with Gasteiger partial charge in [0, 0.05) is 6.04 Å². The first-order chi connectivity index (χ1) is 8.46. The van der Waals surface area contributed by atoms with Gasteiger partial charge in [-0.25, -0.2) is 0 Å². The maximum absolute atomic E-state index is 3.77. The molecule has 1 nitrogen and oxygen atoms in total. The Labute approximate surface area is 115 Å². The molecule has 0 amide bonds. The highest BCUT2D eigenvalue weighted by Crippen LogP contribution is 2.35. The summed E-state index contributed by atoms with van der Waals surface area (Å²) in [6.07, 6.45) is 9.95. The Balaban J connectivity index is 2.49. The second-order valence-corrected chi connectivity index (χ2v) is 7.46. The van der Waals surface area contributed by atoms with Crippen LogP contribution in [0.1, 0.15) is 79.6 Å². The fraction of sp³-hybridized carbons (Fsp3) is 1.00. The van der Waals surface area contributed by atoms with Crippen LogP contribution in [0.4, 0.5) is 0 Å². The summed E-state index contributed by atoms with van der Waals surface area (Å²) in [5, 5.41) is 3.77. The van der Waals surface area contributed by atoms with Gasteiger partial charge in [-0.3, -0.25) is 0 Å². The molecule has 108 valence electrons. The molecule has 3 unspecified atom stereocenters. The second kappa shape index (κ2) is 7.53. The van der Waals surface area contributed by atoms with Crippen molar-refractivity contribution in [3.05, 3.63) is 0 Å². The average Bonchev–Trinajstić information content (AvgIpc) is 2.33. The smallest absolute Gasteiger partial charge is 0.00955 e. The monoisotopic (exact) mass is 253 g/mol. The zero-order valence-electron chi connectivity index (χ0n) is 13.4. The molecule has 0 aromatic rings. The van der Waals surface area contributed by atoms with Crippen LogP contribution in [0.3, 0.4) is 0 Å². The van der Waals surface area contributed by atoms with Crippen LogP contribution in [0.2, 0.25) is 0 Å². The highest BCUT2D eigenvalue weighted by molar-refractivity contribution is 4.83. The Morgan fingerprint density at radius 1 is 1.17 bits per heavy atom. The fourth-order valence-electron chi connectivity index (χ4n) is 3.42. The van der Waals surface area contributed by atoms with E-state index in [0.717, 1.165) is 24.4 Å². The van der Waals surface area contributed by atoms with Gasteiger partial charge >= 0.3 is 0 Å². The summed E-state index contributed by atoms with van der Waals surface area (Å²) in [5.74, 6) is 1.94. The normalized spacial score (nSPS) is 27.2. The Hall–Kier alpha value is -0.0400. The maximum Gasteiger partial charge on any atom is 0.00955 e. The van der Waals surface area contributed by atoms with Crippen LogP contribution in [0.25, 0.3) is 0 Å². The van der Waals surface area contributed by atoms with Gasteiger partial charge in [-0.15, -0.1) is 0 Å². The van der Waals surface area contributed by atoms with Gasteiger partial charge < -0.3 is 5.32 Å². The van der Waals surface area contributed by atoms with Gasteiger partial charge in [0.1, 0.15) is 0 Å². The Morgan fingerprint density at radius 3 is 2.44 bits per heavy atom. The molecule has 0 heterocycles. The summed E-state index contributed by atoms with van der Waals surface area (Å²) >= 11 is 0. The third kappa shape index (κ3) is 5.73. The summed E-state index contributed by atoms with van der Waals surface area (Å²) in [6, 6.07) is 0.767. The lowest BCUT2D eigenvalue weighted by Gasteiger charge is -2.36. The largest absolute Gasteiger partial charge is 0.314 e. The van der Waals surface area contributed by atoms with Gasteiger partial charge in [0.05, 0.1) is 0 Å². The first-order valence-corrected chi connectivity index (χ1v) is 8.19. The average molecular weight is 253 g/mol. The van der Waals surface area contributed by atoms with Crippen LogP contribution in [-0.4, -0.2) is 12.6 Å². The first-order valence-electron chi connectivity index (χ1n) is 8.19.